The van der Waals surface area contributed by atoms with Crippen molar-refractivity contribution >= 4 is 0 Å². The van der Waals surface area contributed by atoms with Gasteiger partial charge < -0.3 is 11.1 Å². The maximum Gasteiger partial charge on any atom is 0.00675 e. The highest BCUT2D eigenvalue weighted by Gasteiger charge is 2.62. The van der Waals surface area contributed by atoms with E-state index in [1.165, 1.54) is 77.2 Å². The molecule has 0 saturated heterocycles. The van der Waals surface area contributed by atoms with E-state index in [0.29, 0.717) is 16.2 Å². The number of rotatable bonds is 6. The van der Waals surface area contributed by atoms with Gasteiger partial charge in [0.2, 0.25) is 0 Å². The Kier molecular flexibility index (Phi) is 4.87. The topological polar surface area (TPSA) is 38.0 Å². The van der Waals surface area contributed by atoms with Crippen LogP contribution in [-0.4, -0.2) is 19.1 Å². The SMILES string of the molecule is CCC12CC3CC(CNC4CCC(CN)CC4)(C1)CC(c1ccccc1)(C3)C2. The molecule has 0 amide bonds. The second-order valence-electron chi connectivity index (χ2n) is 11.3. The Bertz CT molecular complexity index is 679. The van der Waals surface area contributed by atoms with Gasteiger partial charge in [-0.1, -0.05) is 43.7 Å². The molecule has 5 fully saturated rings. The van der Waals surface area contributed by atoms with Gasteiger partial charge in [0.15, 0.2) is 0 Å². The van der Waals surface area contributed by atoms with Crippen LogP contribution in [0.3, 0.4) is 0 Å². The normalized spacial score (nSPS) is 44.7. The number of nitrogens with two attached hydrogens (primary N) is 1. The molecule has 2 heteroatoms. The molecule has 4 atom stereocenters. The lowest BCUT2D eigenvalue weighted by atomic mass is 9.38. The highest BCUT2D eigenvalue weighted by Crippen LogP contribution is 2.70. The van der Waals surface area contributed by atoms with Crippen molar-refractivity contribution in [3.8, 4) is 0 Å². The van der Waals surface area contributed by atoms with Gasteiger partial charge in [0, 0.05) is 12.6 Å². The molecule has 0 radical (unpaired) electrons. The Labute approximate surface area is 172 Å². The molecule has 0 aromatic heterocycles. The van der Waals surface area contributed by atoms with Gasteiger partial charge in [-0.2, -0.15) is 0 Å². The fourth-order valence-corrected chi connectivity index (χ4v) is 8.51. The molecular formula is C26H40N2. The van der Waals surface area contributed by atoms with Gasteiger partial charge >= 0.3 is 0 Å². The average molecular weight is 381 g/mol. The van der Waals surface area contributed by atoms with E-state index in [-0.39, 0.29) is 0 Å². The first-order valence-corrected chi connectivity index (χ1v) is 12.1. The molecule has 4 unspecified atom stereocenters. The Balaban J connectivity index is 1.36. The summed E-state index contributed by atoms with van der Waals surface area (Å²) in [6.45, 7) is 4.62. The van der Waals surface area contributed by atoms with Gasteiger partial charge in [0.25, 0.3) is 0 Å². The van der Waals surface area contributed by atoms with Gasteiger partial charge in [-0.15, -0.1) is 0 Å². The Morgan fingerprint density at radius 1 is 0.929 bits per heavy atom. The summed E-state index contributed by atoms with van der Waals surface area (Å²) in [6.07, 6.45) is 15.5. The second kappa shape index (κ2) is 7.13. The monoisotopic (exact) mass is 380 g/mol. The summed E-state index contributed by atoms with van der Waals surface area (Å²) in [6, 6.07) is 12.3. The highest BCUT2D eigenvalue weighted by molar-refractivity contribution is 5.32. The maximum atomic E-state index is 5.90. The number of benzene rings is 1. The van der Waals surface area contributed by atoms with Gasteiger partial charge in [0.1, 0.15) is 0 Å². The summed E-state index contributed by atoms with van der Waals surface area (Å²) in [5.41, 5.74) is 9.14. The van der Waals surface area contributed by atoms with E-state index in [1.807, 2.05) is 0 Å². The summed E-state index contributed by atoms with van der Waals surface area (Å²) < 4.78 is 0. The fraction of sp³-hybridized carbons (Fsp3) is 0.769. The molecule has 2 nitrogen and oxygen atoms in total. The van der Waals surface area contributed by atoms with Crippen molar-refractivity contribution in [2.24, 2.45) is 28.4 Å². The molecule has 5 aliphatic carbocycles. The molecular weight excluding hydrogens is 340 g/mol. The van der Waals surface area contributed by atoms with Crippen LogP contribution in [0.2, 0.25) is 0 Å². The van der Waals surface area contributed by atoms with Crippen LogP contribution < -0.4 is 11.1 Å². The number of hydrogen-bond acceptors (Lipinski definition) is 2. The molecule has 5 saturated carbocycles. The van der Waals surface area contributed by atoms with E-state index >= 15 is 0 Å². The molecule has 6 rings (SSSR count). The van der Waals surface area contributed by atoms with E-state index in [0.717, 1.165) is 24.4 Å². The fourth-order valence-electron chi connectivity index (χ4n) is 8.51. The summed E-state index contributed by atoms with van der Waals surface area (Å²) >= 11 is 0. The third-order valence-corrected chi connectivity index (χ3v) is 9.38. The van der Waals surface area contributed by atoms with Crippen molar-refractivity contribution in [2.75, 3.05) is 13.1 Å². The molecule has 3 N–H and O–H groups in total. The van der Waals surface area contributed by atoms with Gasteiger partial charge in [0.05, 0.1) is 0 Å². The molecule has 5 aliphatic rings. The molecule has 0 spiro atoms. The summed E-state index contributed by atoms with van der Waals surface area (Å²) in [4.78, 5) is 0. The molecule has 1 aromatic carbocycles. The van der Waals surface area contributed by atoms with Gasteiger partial charge in [-0.3, -0.25) is 0 Å². The van der Waals surface area contributed by atoms with E-state index in [4.69, 9.17) is 5.73 Å². The molecule has 4 bridgehead atoms. The van der Waals surface area contributed by atoms with Crippen molar-refractivity contribution in [2.45, 2.75) is 89.0 Å². The van der Waals surface area contributed by atoms with Crippen LogP contribution in [0.1, 0.15) is 83.1 Å². The quantitative estimate of drug-likeness (QED) is 0.692. The summed E-state index contributed by atoms with van der Waals surface area (Å²) in [7, 11) is 0. The van der Waals surface area contributed by atoms with Crippen molar-refractivity contribution in [3.05, 3.63) is 35.9 Å². The van der Waals surface area contributed by atoms with Crippen LogP contribution in [0.4, 0.5) is 0 Å². The first-order valence-electron chi connectivity index (χ1n) is 12.1. The van der Waals surface area contributed by atoms with Crippen molar-refractivity contribution in [1.82, 2.24) is 5.32 Å². The lowest BCUT2D eigenvalue weighted by Crippen LogP contribution is -2.61. The summed E-state index contributed by atoms with van der Waals surface area (Å²) in [5, 5.41) is 4.09. The number of nitrogens with one attached hydrogen (secondary N) is 1. The molecule has 1 aromatic rings. The molecule has 154 valence electrons. The molecule has 0 aliphatic heterocycles. The third-order valence-electron chi connectivity index (χ3n) is 9.38. The first-order chi connectivity index (χ1) is 13.6. The smallest absolute Gasteiger partial charge is 0.00675 e. The minimum Gasteiger partial charge on any atom is -0.330 e. The molecule has 0 heterocycles. The van der Waals surface area contributed by atoms with Crippen molar-refractivity contribution < 1.29 is 0 Å². The number of hydrogen-bond donors (Lipinski definition) is 2. The summed E-state index contributed by atoms with van der Waals surface area (Å²) in [5.74, 6) is 1.73. The zero-order chi connectivity index (χ0) is 19.2. The predicted octanol–water partition coefficient (Wildman–Crippen LogP) is 5.41. The maximum absolute atomic E-state index is 5.90. The molecule has 28 heavy (non-hydrogen) atoms. The van der Waals surface area contributed by atoms with E-state index in [1.54, 1.807) is 5.56 Å². The van der Waals surface area contributed by atoms with Crippen LogP contribution in [0.15, 0.2) is 30.3 Å². The van der Waals surface area contributed by atoms with Crippen LogP contribution in [0.5, 0.6) is 0 Å². The van der Waals surface area contributed by atoms with Crippen LogP contribution in [0, 0.1) is 22.7 Å². The highest BCUT2D eigenvalue weighted by atomic mass is 14.9. The average Bonchev–Trinajstić information content (AvgIpc) is 2.72. The zero-order valence-electron chi connectivity index (χ0n) is 17.9. The largest absolute Gasteiger partial charge is 0.330 e. The predicted molar refractivity (Wildman–Crippen MR) is 117 cm³/mol. The zero-order valence-corrected chi connectivity index (χ0v) is 17.9. The third kappa shape index (κ3) is 3.25. The lowest BCUT2D eigenvalue weighted by molar-refractivity contribution is -0.127. The van der Waals surface area contributed by atoms with Crippen molar-refractivity contribution in [3.63, 3.8) is 0 Å². The van der Waals surface area contributed by atoms with Crippen LogP contribution in [0.25, 0.3) is 0 Å². The van der Waals surface area contributed by atoms with Crippen molar-refractivity contribution in [1.29, 1.82) is 0 Å². The van der Waals surface area contributed by atoms with E-state index < -0.39 is 0 Å². The minimum absolute atomic E-state index is 0.454. The first kappa shape index (κ1) is 19.1. The standard InChI is InChI=1S/C26H40N2/c1-2-24-12-21-13-25(16-24,19-28-23-10-8-20(15-27)9-11-23)18-26(14-21,17-24)22-6-4-3-5-7-22/h3-7,20-21,23,28H,2,8-19,27H2,1H3. The van der Waals surface area contributed by atoms with Gasteiger partial charge in [-0.05, 0) is 104 Å². The van der Waals surface area contributed by atoms with E-state index in [2.05, 4.69) is 42.6 Å². The Morgan fingerprint density at radius 2 is 1.64 bits per heavy atom. The Hall–Kier alpha value is -0.860. The van der Waals surface area contributed by atoms with Crippen LogP contribution >= 0.6 is 0 Å². The lowest BCUT2D eigenvalue weighted by Gasteiger charge is -2.67. The van der Waals surface area contributed by atoms with Crippen LogP contribution in [-0.2, 0) is 5.41 Å². The minimum atomic E-state index is 0.454. The van der Waals surface area contributed by atoms with Gasteiger partial charge in [-0.25, -0.2) is 0 Å². The second-order valence-corrected chi connectivity index (χ2v) is 11.3. The Morgan fingerprint density at radius 3 is 2.36 bits per heavy atom. The van der Waals surface area contributed by atoms with E-state index in [9.17, 15) is 0 Å².